The minimum Gasteiger partial charge on any atom is -0.390 e. The van der Waals surface area contributed by atoms with Crippen LogP contribution in [-0.4, -0.2) is 35.2 Å². The lowest BCUT2D eigenvalue weighted by molar-refractivity contribution is -0.137. The zero-order valence-corrected chi connectivity index (χ0v) is 17.0. The van der Waals surface area contributed by atoms with Crippen LogP contribution in [0.4, 0.5) is 19.0 Å². The minimum absolute atomic E-state index is 0.0229. The van der Waals surface area contributed by atoms with Gasteiger partial charge in [-0.3, -0.25) is 20.4 Å². The van der Waals surface area contributed by atoms with Crippen molar-refractivity contribution in [3.63, 3.8) is 0 Å². The highest BCUT2D eigenvalue weighted by molar-refractivity contribution is 6.39. The molecule has 0 bridgehead atoms. The number of halogens is 5. The zero-order chi connectivity index (χ0) is 22.6. The summed E-state index contributed by atoms with van der Waals surface area (Å²) in [5.41, 5.74) is 3.80. The maximum absolute atomic E-state index is 12.7. The number of nitrogens with zero attached hydrogens (tertiary/aromatic N) is 2. The SMILES string of the molecule is O=C(NNC(=O)c1ccc(Cl)cc1)C1=NOC(CNc2ncc(C(F)(F)F)cc2Cl)C1. The molecule has 2 aromatic rings. The van der Waals surface area contributed by atoms with E-state index < -0.39 is 29.7 Å². The molecule has 0 aliphatic carbocycles. The van der Waals surface area contributed by atoms with Crippen molar-refractivity contribution in [2.45, 2.75) is 18.7 Å². The Bertz CT molecular complexity index is 1020. The Balaban J connectivity index is 1.46. The molecular formula is C18H14Cl2F3N5O3. The van der Waals surface area contributed by atoms with E-state index in [-0.39, 0.29) is 35.1 Å². The number of nitrogens with one attached hydrogen (secondary N) is 3. The fraction of sp³-hybridized carbons (Fsp3) is 0.222. The smallest absolute Gasteiger partial charge is 0.390 e. The number of carbonyl (C=O) groups is 2. The summed E-state index contributed by atoms with van der Waals surface area (Å²) in [7, 11) is 0. The lowest BCUT2D eigenvalue weighted by Crippen LogP contribution is -2.44. The molecule has 1 aliphatic rings. The second-order valence-corrected chi connectivity index (χ2v) is 7.16. The van der Waals surface area contributed by atoms with Crippen molar-refractivity contribution < 1.29 is 27.6 Å². The van der Waals surface area contributed by atoms with E-state index in [1.165, 1.54) is 24.3 Å². The maximum atomic E-state index is 12.7. The van der Waals surface area contributed by atoms with E-state index in [0.717, 1.165) is 6.07 Å². The van der Waals surface area contributed by atoms with E-state index in [4.69, 9.17) is 28.0 Å². The third-order valence-corrected chi connectivity index (χ3v) is 4.60. The standard InChI is InChI=1S/C18H14Cl2F3N5O3/c19-11-3-1-9(2-4-11)16(29)26-27-17(30)14-6-12(31-28-14)8-25-15-13(20)5-10(7-24-15)18(21,22)23/h1-5,7,12H,6,8H2,(H,24,25)(H,26,29)(H,27,30). The van der Waals surface area contributed by atoms with E-state index in [1.54, 1.807) is 0 Å². The van der Waals surface area contributed by atoms with Crippen molar-refractivity contribution >= 4 is 46.5 Å². The highest BCUT2D eigenvalue weighted by Gasteiger charge is 2.32. The molecule has 0 fully saturated rings. The molecule has 2 heterocycles. The van der Waals surface area contributed by atoms with E-state index in [0.29, 0.717) is 11.2 Å². The number of amides is 2. The number of alkyl halides is 3. The average molecular weight is 476 g/mol. The summed E-state index contributed by atoms with van der Waals surface area (Å²) in [6.07, 6.45) is -4.40. The molecule has 2 amide bonds. The molecule has 3 rings (SSSR count). The van der Waals surface area contributed by atoms with E-state index >= 15 is 0 Å². The van der Waals surface area contributed by atoms with Gasteiger partial charge in [0.1, 0.15) is 11.5 Å². The maximum Gasteiger partial charge on any atom is 0.417 e. The number of anilines is 1. The monoisotopic (exact) mass is 475 g/mol. The molecule has 164 valence electrons. The lowest BCUT2D eigenvalue weighted by atomic mass is 10.1. The average Bonchev–Trinajstić information content (AvgIpc) is 3.20. The number of oxime groups is 1. The van der Waals surface area contributed by atoms with Gasteiger partial charge in [0.2, 0.25) is 0 Å². The van der Waals surface area contributed by atoms with Gasteiger partial charge in [-0.15, -0.1) is 0 Å². The fourth-order valence-corrected chi connectivity index (χ4v) is 2.82. The largest absolute Gasteiger partial charge is 0.417 e. The first-order valence-corrected chi connectivity index (χ1v) is 9.44. The van der Waals surface area contributed by atoms with Crippen molar-refractivity contribution in [3.05, 3.63) is 57.7 Å². The Hall–Kier alpha value is -3.05. The Labute approximate surface area is 183 Å². The van der Waals surface area contributed by atoms with Crippen LogP contribution < -0.4 is 16.2 Å². The molecule has 0 radical (unpaired) electrons. The van der Waals surface area contributed by atoms with Crippen molar-refractivity contribution in [1.29, 1.82) is 0 Å². The fourth-order valence-electron chi connectivity index (χ4n) is 2.46. The van der Waals surface area contributed by atoms with E-state index in [1.807, 2.05) is 0 Å². The number of hydrazine groups is 1. The highest BCUT2D eigenvalue weighted by atomic mass is 35.5. The number of aromatic nitrogens is 1. The van der Waals surface area contributed by atoms with E-state index in [9.17, 15) is 22.8 Å². The highest BCUT2D eigenvalue weighted by Crippen LogP contribution is 2.32. The van der Waals surface area contributed by atoms with E-state index in [2.05, 4.69) is 26.3 Å². The zero-order valence-electron chi connectivity index (χ0n) is 15.5. The topological polar surface area (TPSA) is 105 Å². The molecule has 0 saturated carbocycles. The summed E-state index contributed by atoms with van der Waals surface area (Å²) in [6.45, 7) is 0.0789. The number of rotatable bonds is 5. The Morgan fingerprint density at radius 1 is 1.13 bits per heavy atom. The van der Waals surface area contributed by atoms with Crippen LogP contribution in [0.1, 0.15) is 22.3 Å². The summed E-state index contributed by atoms with van der Waals surface area (Å²) < 4.78 is 38.0. The lowest BCUT2D eigenvalue weighted by Gasteiger charge is -2.13. The third kappa shape index (κ3) is 5.98. The molecule has 13 heteroatoms. The van der Waals surface area contributed by atoms with Crippen LogP contribution in [0.5, 0.6) is 0 Å². The Kier molecular flexibility index (Phi) is 6.86. The summed E-state index contributed by atoms with van der Waals surface area (Å²) >= 11 is 11.6. The molecule has 1 unspecified atom stereocenters. The number of benzene rings is 1. The first kappa shape index (κ1) is 22.6. The molecular weight excluding hydrogens is 462 g/mol. The van der Waals surface area contributed by atoms with Crippen LogP contribution in [-0.2, 0) is 15.8 Å². The van der Waals surface area contributed by atoms with Crippen molar-refractivity contribution in [1.82, 2.24) is 15.8 Å². The van der Waals surface area contributed by atoms with Crippen LogP contribution in [0.3, 0.4) is 0 Å². The van der Waals surface area contributed by atoms with Gasteiger partial charge in [-0.25, -0.2) is 4.98 Å². The second-order valence-electron chi connectivity index (χ2n) is 6.32. The number of carbonyl (C=O) groups excluding carboxylic acids is 2. The molecule has 1 aromatic heterocycles. The van der Waals surface area contributed by atoms with Gasteiger partial charge in [0.15, 0.2) is 6.10 Å². The Morgan fingerprint density at radius 3 is 2.45 bits per heavy atom. The molecule has 1 aliphatic heterocycles. The molecule has 8 nitrogen and oxygen atoms in total. The van der Waals surface area contributed by atoms with Crippen molar-refractivity contribution in [3.8, 4) is 0 Å². The van der Waals surface area contributed by atoms with Crippen LogP contribution >= 0.6 is 23.2 Å². The van der Waals surface area contributed by atoms with Crippen LogP contribution in [0.15, 0.2) is 41.7 Å². The third-order valence-electron chi connectivity index (χ3n) is 4.06. The van der Waals surface area contributed by atoms with Gasteiger partial charge in [-0.1, -0.05) is 28.4 Å². The van der Waals surface area contributed by atoms with Crippen LogP contribution in [0.2, 0.25) is 10.0 Å². The van der Waals surface area contributed by atoms with Gasteiger partial charge in [-0.2, -0.15) is 13.2 Å². The molecule has 0 saturated heterocycles. The number of pyridine rings is 1. The molecule has 1 aromatic carbocycles. The van der Waals surface area contributed by atoms with Gasteiger partial charge in [0, 0.05) is 23.2 Å². The quantitative estimate of drug-likeness (QED) is 0.574. The van der Waals surface area contributed by atoms with Crippen LogP contribution in [0, 0.1) is 0 Å². The summed E-state index contributed by atoms with van der Waals surface area (Å²) in [4.78, 5) is 32.9. The number of hydrogen-bond donors (Lipinski definition) is 3. The van der Waals surface area contributed by atoms with Gasteiger partial charge in [0.25, 0.3) is 11.8 Å². The van der Waals surface area contributed by atoms with Gasteiger partial charge < -0.3 is 10.2 Å². The molecule has 1 atom stereocenters. The van der Waals surface area contributed by atoms with Crippen molar-refractivity contribution in [2.24, 2.45) is 5.16 Å². The second kappa shape index (κ2) is 9.40. The number of hydrogen-bond acceptors (Lipinski definition) is 6. The van der Waals surface area contributed by atoms with Gasteiger partial charge in [-0.05, 0) is 30.3 Å². The molecule has 0 spiro atoms. The predicted molar refractivity (Wildman–Crippen MR) is 107 cm³/mol. The predicted octanol–water partition coefficient (Wildman–Crippen LogP) is 3.43. The van der Waals surface area contributed by atoms with Gasteiger partial charge >= 0.3 is 6.18 Å². The van der Waals surface area contributed by atoms with Crippen LogP contribution in [0.25, 0.3) is 0 Å². The molecule has 31 heavy (non-hydrogen) atoms. The normalized spacial score (nSPS) is 15.6. The van der Waals surface area contributed by atoms with Gasteiger partial charge in [0.05, 0.1) is 17.1 Å². The summed E-state index contributed by atoms with van der Waals surface area (Å²) in [5.74, 6) is -1.19. The summed E-state index contributed by atoms with van der Waals surface area (Å²) in [5, 5.41) is 6.65. The summed E-state index contributed by atoms with van der Waals surface area (Å²) in [6, 6.07) is 6.79. The minimum atomic E-state index is -4.55. The first-order valence-electron chi connectivity index (χ1n) is 8.69. The molecule has 3 N–H and O–H groups in total. The first-order chi connectivity index (χ1) is 14.6. The van der Waals surface area contributed by atoms with Crippen molar-refractivity contribution in [2.75, 3.05) is 11.9 Å². The Morgan fingerprint density at radius 2 is 1.81 bits per heavy atom.